The van der Waals surface area contributed by atoms with Crippen LogP contribution in [0.1, 0.15) is 39.3 Å². The van der Waals surface area contributed by atoms with E-state index in [-0.39, 0.29) is 0 Å². The topological polar surface area (TPSA) is 33.1 Å². The highest BCUT2D eigenvalue weighted by atomic mass is 15.2. The molecule has 1 N–H and O–H groups in total. The summed E-state index contributed by atoms with van der Waals surface area (Å²) in [5, 5.41) is 3.47. The van der Waals surface area contributed by atoms with Gasteiger partial charge in [-0.25, -0.2) is 4.98 Å². The van der Waals surface area contributed by atoms with Crippen molar-refractivity contribution < 1.29 is 0 Å². The number of hydrogen-bond acceptors (Lipinski definition) is 3. The van der Waals surface area contributed by atoms with Crippen molar-refractivity contribution in [2.24, 2.45) is 5.92 Å². The number of rotatable bonds is 6. The van der Waals surface area contributed by atoms with Gasteiger partial charge in [0, 0.05) is 25.3 Å². The molecule has 0 bridgehead atoms. The van der Waals surface area contributed by atoms with Gasteiger partial charge in [0.15, 0.2) is 0 Å². The van der Waals surface area contributed by atoms with E-state index < -0.39 is 0 Å². The molecule has 2 heterocycles. The van der Waals surface area contributed by atoms with Gasteiger partial charge in [0.1, 0.15) is 0 Å². The maximum Gasteiger partial charge on any atom is 0.203 e. The fraction of sp³-hybridized carbons (Fsp3) is 0.800. The van der Waals surface area contributed by atoms with Crippen molar-refractivity contribution in [3.63, 3.8) is 0 Å². The highest BCUT2D eigenvalue weighted by Crippen LogP contribution is 2.20. The van der Waals surface area contributed by atoms with Gasteiger partial charge in [-0.3, -0.25) is 4.90 Å². The van der Waals surface area contributed by atoms with Crippen LogP contribution in [0.2, 0.25) is 0 Å². The number of anilines is 1. The minimum atomic E-state index is 0.643. The van der Waals surface area contributed by atoms with Crippen LogP contribution in [0.15, 0.2) is 6.20 Å². The van der Waals surface area contributed by atoms with Crippen molar-refractivity contribution in [3.8, 4) is 0 Å². The summed E-state index contributed by atoms with van der Waals surface area (Å²) in [6.07, 6.45) is 4.82. The largest absolute Gasteiger partial charge is 0.355 e. The van der Waals surface area contributed by atoms with Crippen LogP contribution in [0.5, 0.6) is 0 Å². The van der Waals surface area contributed by atoms with Gasteiger partial charge >= 0.3 is 0 Å². The van der Waals surface area contributed by atoms with E-state index in [0.29, 0.717) is 12.0 Å². The van der Waals surface area contributed by atoms with Gasteiger partial charge in [0.05, 0.1) is 5.69 Å². The molecule has 0 amide bonds. The first-order chi connectivity index (χ1) is 9.10. The van der Waals surface area contributed by atoms with Gasteiger partial charge < -0.3 is 9.88 Å². The summed E-state index contributed by atoms with van der Waals surface area (Å²) in [7, 11) is 0. The third kappa shape index (κ3) is 3.72. The molecule has 1 unspecified atom stereocenters. The SMILES string of the molecule is CCN1CCCC1Cn1cc(C)nc1NCC(C)C. The van der Waals surface area contributed by atoms with E-state index in [4.69, 9.17) is 0 Å². The molecule has 4 heteroatoms. The zero-order chi connectivity index (χ0) is 13.8. The predicted molar refractivity (Wildman–Crippen MR) is 80.6 cm³/mol. The standard InChI is InChI=1S/C15H28N4/c1-5-18-8-6-7-14(18)11-19-10-13(4)17-15(19)16-9-12(2)3/h10,12,14H,5-9,11H2,1-4H3,(H,16,17). The van der Waals surface area contributed by atoms with Crippen molar-refractivity contribution in [1.82, 2.24) is 14.5 Å². The third-order valence-corrected chi connectivity index (χ3v) is 3.88. The Hall–Kier alpha value is -1.03. The smallest absolute Gasteiger partial charge is 0.203 e. The Labute approximate surface area is 117 Å². The van der Waals surface area contributed by atoms with E-state index >= 15 is 0 Å². The monoisotopic (exact) mass is 264 g/mol. The fourth-order valence-electron chi connectivity index (χ4n) is 2.87. The van der Waals surface area contributed by atoms with E-state index in [1.807, 2.05) is 0 Å². The van der Waals surface area contributed by atoms with Crippen LogP contribution in [0, 0.1) is 12.8 Å². The van der Waals surface area contributed by atoms with E-state index in [2.05, 4.69) is 53.7 Å². The van der Waals surface area contributed by atoms with Crippen molar-refractivity contribution in [2.45, 2.75) is 53.1 Å². The van der Waals surface area contributed by atoms with Crippen LogP contribution in [0.3, 0.4) is 0 Å². The number of nitrogens with one attached hydrogen (secondary N) is 1. The Balaban J connectivity index is 2.02. The van der Waals surface area contributed by atoms with Gasteiger partial charge in [-0.2, -0.15) is 0 Å². The van der Waals surface area contributed by atoms with Crippen LogP contribution in [-0.4, -0.2) is 40.1 Å². The number of nitrogens with zero attached hydrogens (tertiary/aromatic N) is 3. The van der Waals surface area contributed by atoms with Crippen molar-refractivity contribution >= 4 is 5.95 Å². The maximum absolute atomic E-state index is 4.61. The number of aryl methyl sites for hydroxylation is 1. The minimum Gasteiger partial charge on any atom is -0.355 e. The second kappa shape index (κ2) is 6.42. The predicted octanol–water partition coefficient (Wildman–Crippen LogP) is 2.74. The van der Waals surface area contributed by atoms with Gasteiger partial charge in [0.25, 0.3) is 0 Å². The van der Waals surface area contributed by atoms with Crippen LogP contribution in [0.4, 0.5) is 5.95 Å². The Morgan fingerprint density at radius 1 is 1.47 bits per heavy atom. The molecule has 0 spiro atoms. The van der Waals surface area contributed by atoms with Crippen LogP contribution in [0.25, 0.3) is 0 Å². The van der Waals surface area contributed by atoms with E-state index in [9.17, 15) is 0 Å². The molecule has 0 radical (unpaired) electrons. The molecule has 0 aliphatic carbocycles. The van der Waals surface area contributed by atoms with Crippen LogP contribution in [-0.2, 0) is 6.54 Å². The Morgan fingerprint density at radius 3 is 2.95 bits per heavy atom. The van der Waals surface area contributed by atoms with Crippen molar-refractivity contribution in [3.05, 3.63) is 11.9 Å². The molecule has 1 aromatic heterocycles. The lowest BCUT2D eigenvalue weighted by Gasteiger charge is -2.24. The normalized spacial score (nSPS) is 20.4. The van der Waals surface area contributed by atoms with E-state index in [1.165, 1.54) is 19.4 Å². The van der Waals surface area contributed by atoms with E-state index in [0.717, 1.165) is 31.3 Å². The molecule has 1 aliphatic heterocycles. The van der Waals surface area contributed by atoms with Crippen LogP contribution >= 0.6 is 0 Å². The van der Waals surface area contributed by atoms with Crippen molar-refractivity contribution in [2.75, 3.05) is 25.0 Å². The Bertz CT molecular complexity index is 397. The lowest BCUT2D eigenvalue weighted by Crippen LogP contribution is -2.33. The first-order valence-corrected chi connectivity index (χ1v) is 7.61. The first kappa shape index (κ1) is 14.4. The average Bonchev–Trinajstić information content (AvgIpc) is 2.93. The van der Waals surface area contributed by atoms with Gasteiger partial charge in [-0.05, 0) is 38.8 Å². The molecular formula is C15H28N4. The van der Waals surface area contributed by atoms with Crippen molar-refractivity contribution in [1.29, 1.82) is 0 Å². The molecule has 1 atom stereocenters. The molecule has 0 saturated carbocycles. The molecular weight excluding hydrogens is 236 g/mol. The lowest BCUT2D eigenvalue weighted by atomic mass is 10.2. The summed E-state index contributed by atoms with van der Waals surface area (Å²) in [6.45, 7) is 13.2. The average molecular weight is 264 g/mol. The molecule has 1 aliphatic rings. The number of likely N-dealkylation sites (N-methyl/N-ethyl adjacent to an activating group) is 1. The maximum atomic E-state index is 4.61. The number of aromatic nitrogens is 2. The van der Waals surface area contributed by atoms with Gasteiger partial charge in [-0.1, -0.05) is 20.8 Å². The Kier molecular flexibility index (Phi) is 4.86. The lowest BCUT2D eigenvalue weighted by molar-refractivity contribution is 0.245. The molecule has 1 fully saturated rings. The van der Waals surface area contributed by atoms with E-state index in [1.54, 1.807) is 0 Å². The van der Waals surface area contributed by atoms with Crippen LogP contribution < -0.4 is 5.32 Å². The molecule has 0 aromatic carbocycles. The number of hydrogen-bond donors (Lipinski definition) is 1. The quantitative estimate of drug-likeness (QED) is 0.857. The molecule has 108 valence electrons. The summed E-state index contributed by atoms with van der Waals surface area (Å²) in [6, 6.07) is 0.679. The summed E-state index contributed by atoms with van der Waals surface area (Å²) < 4.78 is 2.30. The first-order valence-electron chi connectivity index (χ1n) is 7.61. The summed E-state index contributed by atoms with van der Waals surface area (Å²) >= 11 is 0. The van der Waals surface area contributed by atoms with Gasteiger partial charge in [-0.15, -0.1) is 0 Å². The highest BCUT2D eigenvalue weighted by Gasteiger charge is 2.24. The zero-order valence-corrected chi connectivity index (χ0v) is 12.8. The minimum absolute atomic E-state index is 0.643. The zero-order valence-electron chi connectivity index (χ0n) is 12.8. The third-order valence-electron chi connectivity index (χ3n) is 3.88. The number of imidazole rings is 1. The Morgan fingerprint density at radius 2 is 2.26 bits per heavy atom. The second-order valence-electron chi connectivity index (χ2n) is 6.06. The van der Waals surface area contributed by atoms with Gasteiger partial charge in [0.2, 0.25) is 5.95 Å². The summed E-state index contributed by atoms with van der Waals surface area (Å²) in [5.74, 6) is 1.68. The number of likely N-dealkylation sites (tertiary alicyclic amines) is 1. The molecule has 1 saturated heterocycles. The molecule has 1 aromatic rings. The summed E-state index contributed by atoms with van der Waals surface area (Å²) in [5.41, 5.74) is 1.10. The summed E-state index contributed by atoms with van der Waals surface area (Å²) in [4.78, 5) is 7.19. The fourth-order valence-corrected chi connectivity index (χ4v) is 2.87. The molecule has 2 rings (SSSR count). The molecule has 19 heavy (non-hydrogen) atoms. The highest BCUT2D eigenvalue weighted by molar-refractivity contribution is 5.29. The second-order valence-corrected chi connectivity index (χ2v) is 6.06. The molecule has 4 nitrogen and oxygen atoms in total.